The van der Waals surface area contributed by atoms with Crippen LogP contribution < -0.4 is 5.73 Å². The summed E-state index contributed by atoms with van der Waals surface area (Å²) in [5.41, 5.74) is 5.14. The Kier molecular flexibility index (Phi) is 4.22. The molecule has 1 fully saturated rings. The van der Waals surface area contributed by atoms with Crippen LogP contribution in [-0.4, -0.2) is 41.3 Å². The van der Waals surface area contributed by atoms with Gasteiger partial charge in [-0.15, -0.1) is 0 Å². The van der Waals surface area contributed by atoms with Gasteiger partial charge in [0.25, 0.3) is 0 Å². The Morgan fingerprint density at radius 3 is 3.07 bits per heavy atom. The molecule has 3 N–H and O–H groups in total. The summed E-state index contributed by atoms with van der Waals surface area (Å²) in [4.78, 5) is 11.3. The summed E-state index contributed by atoms with van der Waals surface area (Å²) >= 11 is 1.68. The van der Waals surface area contributed by atoms with Crippen LogP contribution in [-0.2, 0) is 9.53 Å². The van der Waals surface area contributed by atoms with Crippen molar-refractivity contribution in [3.05, 3.63) is 0 Å². The molecule has 0 amide bonds. The number of nitrogens with two attached hydrogens (primary N) is 1. The van der Waals surface area contributed by atoms with Crippen LogP contribution in [0, 0.1) is 0 Å². The molecule has 0 aromatic carbocycles. The summed E-state index contributed by atoms with van der Waals surface area (Å²) in [6.45, 7) is 0.178. The predicted octanol–water partition coefficient (Wildman–Crippen LogP) is 0.135. The molecule has 1 rings (SSSR count). The molecule has 1 saturated carbocycles. The third-order valence-electron chi connectivity index (χ3n) is 2.54. The highest BCUT2D eigenvalue weighted by molar-refractivity contribution is 7.99. The van der Waals surface area contributed by atoms with Crippen LogP contribution in [0.25, 0.3) is 0 Å². The first-order valence-corrected chi connectivity index (χ1v) is 5.77. The molecule has 5 heteroatoms. The molecule has 0 bridgehead atoms. The van der Waals surface area contributed by atoms with E-state index in [1.54, 1.807) is 11.8 Å². The van der Waals surface area contributed by atoms with Gasteiger partial charge in [0.05, 0.1) is 13.7 Å². The molecule has 0 aromatic rings. The number of thioether (sulfide) groups is 1. The summed E-state index contributed by atoms with van der Waals surface area (Å²) in [6.07, 6.45) is 2.27. The van der Waals surface area contributed by atoms with Crippen LogP contribution in [0.2, 0.25) is 0 Å². The number of aliphatic hydroxyl groups excluding tert-OH is 1. The lowest BCUT2D eigenvalue weighted by atomic mass is 10.00. The predicted molar refractivity (Wildman–Crippen MR) is 56.1 cm³/mol. The van der Waals surface area contributed by atoms with Crippen LogP contribution >= 0.6 is 11.8 Å². The van der Waals surface area contributed by atoms with Crippen molar-refractivity contribution >= 4 is 17.7 Å². The maximum atomic E-state index is 11.3. The molecule has 2 atom stereocenters. The van der Waals surface area contributed by atoms with E-state index in [4.69, 9.17) is 10.8 Å². The van der Waals surface area contributed by atoms with E-state index in [0.29, 0.717) is 23.8 Å². The number of hydrogen-bond donors (Lipinski definition) is 2. The number of aliphatic hydroxyl groups is 1. The Balaban J connectivity index is 2.42. The van der Waals surface area contributed by atoms with Gasteiger partial charge < -0.3 is 15.6 Å². The fraction of sp³-hybridized carbons (Fsp3) is 0.889. The van der Waals surface area contributed by atoms with Gasteiger partial charge in [-0.2, -0.15) is 11.8 Å². The van der Waals surface area contributed by atoms with E-state index >= 15 is 0 Å². The molecule has 0 aliphatic heterocycles. The highest BCUT2D eigenvalue weighted by atomic mass is 32.2. The zero-order chi connectivity index (χ0) is 10.6. The Labute approximate surface area is 88.2 Å². The van der Waals surface area contributed by atoms with Gasteiger partial charge in [-0.25, -0.2) is 0 Å². The average molecular weight is 219 g/mol. The largest absolute Gasteiger partial charge is 0.468 e. The van der Waals surface area contributed by atoms with Crippen LogP contribution in [0.5, 0.6) is 0 Å². The standard InChI is InChI=1S/C9H17NO3S/c1-13-8(12)9(10)3-2-7(6-9)14-5-4-11/h7,11H,2-6,10H2,1H3. The second kappa shape index (κ2) is 5.00. The minimum Gasteiger partial charge on any atom is -0.468 e. The summed E-state index contributed by atoms with van der Waals surface area (Å²) in [7, 11) is 1.37. The van der Waals surface area contributed by atoms with Crippen LogP contribution in [0.4, 0.5) is 0 Å². The molecule has 82 valence electrons. The van der Waals surface area contributed by atoms with Crippen molar-refractivity contribution < 1.29 is 14.6 Å². The van der Waals surface area contributed by atoms with Crippen molar-refractivity contribution in [3.63, 3.8) is 0 Å². The topological polar surface area (TPSA) is 72.5 Å². The summed E-state index contributed by atoms with van der Waals surface area (Å²) in [5.74, 6) is 0.395. The highest BCUT2D eigenvalue weighted by Crippen LogP contribution is 2.36. The average Bonchev–Trinajstić information content (AvgIpc) is 2.57. The molecule has 0 radical (unpaired) electrons. The normalized spacial score (nSPS) is 31.8. The van der Waals surface area contributed by atoms with E-state index in [0.717, 1.165) is 6.42 Å². The zero-order valence-corrected chi connectivity index (χ0v) is 9.18. The molecule has 2 unspecified atom stereocenters. The molecule has 0 saturated heterocycles. The molecule has 1 aliphatic carbocycles. The third kappa shape index (κ3) is 2.62. The third-order valence-corrected chi connectivity index (χ3v) is 3.83. The number of carbonyl (C=O) groups excluding carboxylic acids is 1. The van der Waals surface area contributed by atoms with Crippen molar-refractivity contribution in [2.45, 2.75) is 30.1 Å². The molecule has 14 heavy (non-hydrogen) atoms. The lowest BCUT2D eigenvalue weighted by Crippen LogP contribution is -2.46. The van der Waals surface area contributed by atoms with E-state index in [1.807, 2.05) is 0 Å². The number of rotatable bonds is 4. The van der Waals surface area contributed by atoms with Crippen molar-refractivity contribution in [2.24, 2.45) is 5.73 Å². The number of methoxy groups -OCH3 is 1. The summed E-state index contributed by atoms with van der Waals surface area (Å²) in [5, 5.41) is 9.05. The molecular weight excluding hydrogens is 202 g/mol. The van der Waals surface area contributed by atoms with Crippen LogP contribution in [0.15, 0.2) is 0 Å². The second-order valence-corrected chi connectivity index (χ2v) is 5.02. The number of carbonyl (C=O) groups is 1. The van der Waals surface area contributed by atoms with Crippen molar-refractivity contribution in [1.29, 1.82) is 0 Å². The van der Waals surface area contributed by atoms with Gasteiger partial charge in [-0.1, -0.05) is 0 Å². The van der Waals surface area contributed by atoms with Gasteiger partial charge in [0.1, 0.15) is 5.54 Å². The Morgan fingerprint density at radius 1 is 1.79 bits per heavy atom. The SMILES string of the molecule is COC(=O)C1(N)CCC(SCCO)C1. The van der Waals surface area contributed by atoms with Crippen molar-refractivity contribution in [2.75, 3.05) is 19.5 Å². The molecule has 0 aromatic heterocycles. The molecule has 0 spiro atoms. The smallest absolute Gasteiger partial charge is 0.325 e. The Morgan fingerprint density at radius 2 is 2.50 bits per heavy atom. The quantitative estimate of drug-likeness (QED) is 0.658. The molecule has 4 nitrogen and oxygen atoms in total. The monoisotopic (exact) mass is 219 g/mol. The fourth-order valence-corrected chi connectivity index (χ4v) is 2.92. The second-order valence-electron chi connectivity index (χ2n) is 3.61. The Hall–Kier alpha value is -0.260. The molecular formula is C9H17NO3S. The van der Waals surface area contributed by atoms with Gasteiger partial charge in [-0.05, 0) is 19.3 Å². The van der Waals surface area contributed by atoms with Gasteiger partial charge in [0, 0.05) is 11.0 Å². The van der Waals surface area contributed by atoms with Crippen LogP contribution in [0.1, 0.15) is 19.3 Å². The zero-order valence-electron chi connectivity index (χ0n) is 8.36. The van der Waals surface area contributed by atoms with E-state index < -0.39 is 5.54 Å². The van der Waals surface area contributed by atoms with E-state index in [1.165, 1.54) is 7.11 Å². The maximum absolute atomic E-state index is 11.3. The minimum absolute atomic E-state index is 0.178. The lowest BCUT2D eigenvalue weighted by molar-refractivity contribution is -0.146. The maximum Gasteiger partial charge on any atom is 0.325 e. The first-order valence-electron chi connectivity index (χ1n) is 4.72. The highest BCUT2D eigenvalue weighted by Gasteiger charge is 2.42. The lowest BCUT2D eigenvalue weighted by Gasteiger charge is -2.20. The van der Waals surface area contributed by atoms with Crippen molar-refractivity contribution in [3.8, 4) is 0 Å². The molecule has 0 heterocycles. The van der Waals surface area contributed by atoms with E-state index in [-0.39, 0.29) is 12.6 Å². The minimum atomic E-state index is -0.790. The first kappa shape index (κ1) is 11.8. The van der Waals surface area contributed by atoms with Crippen molar-refractivity contribution in [1.82, 2.24) is 0 Å². The number of ether oxygens (including phenoxy) is 1. The van der Waals surface area contributed by atoms with E-state index in [9.17, 15) is 4.79 Å². The van der Waals surface area contributed by atoms with Crippen LogP contribution in [0.3, 0.4) is 0 Å². The van der Waals surface area contributed by atoms with E-state index in [2.05, 4.69) is 4.74 Å². The molecule has 1 aliphatic rings. The number of hydrogen-bond acceptors (Lipinski definition) is 5. The first-order chi connectivity index (χ1) is 6.62. The summed E-state index contributed by atoms with van der Waals surface area (Å²) in [6, 6.07) is 0. The van der Waals surface area contributed by atoms with Gasteiger partial charge >= 0.3 is 5.97 Å². The fourth-order valence-electron chi connectivity index (χ4n) is 1.78. The summed E-state index contributed by atoms with van der Waals surface area (Å²) < 4.78 is 4.67. The number of esters is 1. The van der Waals surface area contributed by atoms with Gasteiger partial charge in [0.15, 0.2) is 0 Å². The van der Waals surface area contributed by atoms with Gasteiger partial charge in [-0.3, -0.25) is 4.79 Å². The Bertz CT molecular complexity index is 212. The van der Waals surface area contributed by atoms with Gasteiger partial charge in [0.2, 0.25) is 0 Å².